The van der Waals surface area contributed by atoms with Crippen molar-refractivity contribution in [1.29, 1.82) is 5.26 Å². The molecule has 1 fully saturated rings. The zero-order valence-corrected chi connectivity index (χ0v) is 8.83. The van der Waals surface area contributed by atoms with Crippen molar-refractivity contribution in [2.24, 2.45) is 0 Å². The van der Waals surface area contributed by atoms with Gasteiger partial charge < -0.3 is 5.11 Å². The van der Waals surface area contributed by atoms with Gasteiger partial charge in [-0.2, -0.15) is 5.26 Å². The molecule has 1 aliphatic heterocycles. The van der Waals surface area contributed by atoms with E-state index in [9.17, 15) is 5.11 Å². The van der Waals surface area contributed by atoms with E-state index in [4.69, 9.17) is 5.26 Å². The Kier molecular flexibility index (Phi) is 2.29. The SMILES string of the molecule is CC1(C)CC(O)CC(C)(C)N1C#N. The molecule has 74 valence electrons. The third-order valence-corrected chi connectivity index (χ3v) is 2.78. The van der Waals surface area contributed by atoms with E-state index < -0.39 is 0 Å². The van der Waals surface area contributed by atoms with E-state index in [1.165, 1.54) is 0 Å². The van der Waals surface area contributed by atoms with Crippen LogP contribution in [-0.4, -0.2) is 27.2 Å². The van der Waals surface area contributed by atoms with E-state index >= 15 is 0 Å². The fourth-order valence-electron chi connectivity index (χ4n) is 2.50. The van der Waals surface area contributed by atoms with Gasteiger partial charge in [-0.3, -0.25) is 4.90 Å². The van der Waals surface area contributed by atoms with Crippen LogP contribution in [0.5, 0.6) is 0 Å². The quantitative estimate of drug-likeness (QED) is 0.577. The Morgan fingerprint density at radius 1 is 1.23 bits per heavy atom. The summed E-state index contributed by atoms with van der Waals surface area (Å²) < 4.78 is 0. The fourth-order valence-corrected chi connectivity index (χ4v) is 2.50. The number of hydrogen-bond donors (Lipinski definition) is 1. The molecule has 0 unspecified atom stereocenters. The predicted molar refractivity (Wildman–Crippen MR) is 50.9 cm³/mol. The Morgan fingerprint density at radius 3 is 1.92 bits per heavy atom. The van der Waals surface area contributed by atoms with Crippen LogP contribution in [0, 0.1) is 11.5 Å². The number of likely N-dealkylation sites (tertiary alicyclic amines) is 1. The fraction of sp³-hybridized carbons (Fsp3) is 0.900. The summed E-state index contributed by atoms with van der Waals surface area (Å²) in [5.41, 5.74) is -0.453. The molecular formula is C10H18N2O. The Balaban J connectivity index is 2.97. The largest absolute Gasteiger partial charge is 0.393 e. The number of aliphatic hydroxyl groups excluding tert-OH is 1. The average Bonchev–Trinajstić information content (AvgIpc) is 1.79. The first kappa shape index (κ1) is 10.3. The first-order chi connectivity index (χ1) is 5.79. The van der Waals surface area contributed by atoms with Gasteiger partial charge in [0.15, 0.2) is 6.19 Å². The summed E-state index contributed by atoms with van der Waals surface area (Å²) in [7, 11) is 0. The van der Waals surface area contributed by atoms with E-state index in [2.05, 4.69) is 6.19 Å². The lowest BCUT2D eigenvalue weighted by atomic mass is 9.79. The second-order valence-electron chi connectivity index (χ2n) is 5.12. The average molecular weight is 182 g/mol. The Morgan fingerprint density at radius 2 is 1.62 bits per heavy atom. The van der Waals surface area contributed by atoms with Gasteiger partial charge in [-0.25, -0.2) is 0 Å². The van der Waals surface area contributed by atoms with Crippen LogP contribution in [0.1, 0.15) is 40.5 Å². The summed E-state index contributed by atoms with van der Waals surface area (Å²) in [4.78, 5) is 1.80. The molecule has 0 amide bonds. The molecule has 0 radical (unpaired) electrons. The maximum atomic E-state index is 9.66. The van der Waals surface area contributed by atoms with Gasteiger partial charge in [-0.1, -0.05) is 0 Å². The highest BCUT2D eigenvalue weighted by Crippen LogP contribution is 2.37. The molecule has 13 heavy (non-hydrogen) atoms. The number of hydrogen-bond acceptors (Lipinski definition) is 3. The van der Waals surface area contributed by atoms with Gasteiger partial charge in [0.25, 0.3) is 0 Å². The minimum atomic E-state index is -0.283. The molecule has 3 heteroatoms. The molecule has 3 nitrogen and oxygen atoms in total. The van der Waals surface area contributed by atoms with E-state index in [0.717, 1.165) is 0 Å². The van der Waals surface area contributed by atoms with Crippen molar-refractivity contribution in [2.45, 2.75) is 57.7 Å². The van der Waals surface area contributed by atoms with Gasteiger partial charge >= 0.3 is 0 Å². The standard InChI is InChI=1S/C10H18N2O/c1-9(2)5-8(13)6-10(3,4)12(9)7-11/h8,13H,5-6H2,1-4H3. The van der Waals surface area contributed by atoms with Gasteiger partial charge in [0.05, 0.1) is 6.10 Å². The van der Waals surface area contributed by atoms with E-state index in [-0.39, 0.29) is 17.2 Å². The lowest BCUT2D eigenvalue weighted by Gasteiger charge is -2.51. The van der Waals surface area contributed by atoms with Gasteiger partial charge in [0, 0.05) is 11.1 Å². The Hall–Kier alpha value is -0.750. The summed E-state index contributed by atoms with van der Waals surface area (Å²) in [6.07, 6.45) is 3.29. The second kappa shape index (κ2) is 2.88. The summed E-state index contributed by atoms with van der Waals surface area (Å²) in [6.45, 7) is 8.00. The van der Waals surface area contributed by atoms with Crippen molar-refractivity contribution in [3.8, 4) is 6.19 Å². The van der Waals surface area contributed by atoms with Crippen LogP contribution in [0.15, 0.2) is 0 Å². The minimum absolute atomic E-state index is 0.226. The topological polar surface area (TPSA) is 47.3 Å². The Labute approximate surface area is 80.0 Å². The molecule has 1 N–H and O–H groups in total. The van der Waals surface area contributed by atoms with Crippen LogP contribution < -0.4 is 0 Å². The number of rotatable bonds is 0. The zero-order valence-electron chi connectivity index (χ0n) is 8.83. The first-order valence-corrected chi connectivity index (χ1v) is 4.68. The van der Waals surface area contributed by atoms with Gasteiger partial charge in [0.2, 0.25) is 0 Å². The lowest BCUT2D eigenvalue weighted by molar-refractivity contribution is -0.0444. The van der Waals surface area contributed by atoms with Crippen molar-refractivity contribution in [1.82, 2.24) is 4.90 Å². The molecule has 1 rings (SSSR count). The molecule has 0 aromatic carbocycles. The van der Waals surface area contributed by atoms with Crippen molar-refractivity contribution in [3.05, 3.63) is 0 Å². The molecule has 1 heterocycles. The summed E-state index contributed by atoms with van der Waals surface area (Å²) in [6, 6.07) is 0. The van der Waals surface area contributed by atoms with Crippen molar-refractivity contribution in [3.63, 3.8) is 0 Å². The van der Waals surface area contributed by atoms with Crippen LogP contribution >= 0.6 is 0 Å². The highest BCUT2D eigenvalue weighted by Gasteiger charge is 2.44. The molecule has 0 aromatic heterocycles. The van der Waals surface area contributed by atoms with Gasteiger partial charge in [-0.05, 0) is 40.5 Å². The molecule has 0 saturated carbocycles. The van der Waals surface area contributed by atoms with Crippen molar-refractivity contribution >= 4 is 0 Å². The lowest BCUT2D eigenvalue weighted by Crippen LogP contribution is -2.59. The van der Waals surface area contributed by atoms with Crippen molar-refractivity contribution in [2.75, 3.05) is 0 Å². The maximum absolute atomic E-state index is 9.66. The summed E-state index contributed by atoms with van der Waals surface area (Å²) in [5, 5.41) is 18.7. The molecule has 0 spiro atoms. The number of nitrogens with zero attached hydrogens (tertiary/aromatic N) is 2. The maximum Gasteiger partial charge on any atom is 0.180 e. The van der Waals surface area contributed by atoms with E-state index in [1.54, 1.807) is 4.90 Å². The van der Waals surface area contributed by atoms with E-state index in [0.29, 0.717) is 12.8 Å². The molecular weight excluding hydrogens is 164 g/mol. The number of nitriles is 1. The summed E-state index contributed by atoms with van der Waals surface area (Å²) >= 11 is 0. The van der Waals surface area contributed by atoms with Crippen molar-refractivity contribution < 1.29 is 5.11 Å². The smallest absolute Gasteiger partial charge is 0.180 e. The molecule has 0 atom stereocenters. The van der Waals surface area contributed by atoms with E-state index in [1.807, 2.05) is 27.7 Å². The molecule has 1 aliphatic rings. The van der Waals surface area contributed by atoms with Crippen LogP contribution in [0.25, 0.3) is 0 Å². The molecule has 1 saturated heterocycles. The number of piperidine rings is 1. The van der Waals surface area contributed by atoms with Crippen LogP contribution in [0.3, 0.4) is 0 Å². The third kappa shape index (κ3) is 1.78. The van der Waals surface area contributed by atoms with Crippen LogP contribution in [0.4, 0.5) is 0 Å². The molecule has 0 bridgehead atoms. The first-order valence-electron chi connectivity index (χ1n) is 4.68. The summed E-state index contributed by atoms with van der Waals surface area (Å²) in [5.74, 6) is 0. The second-order valence-corrected chi connectivity index (χ2v) is 5.12. The van der Waals surface area contributed by atoms with Gasteiger partial charge in [-0.15, -0.1) is 0 Å². The van der Waals surface area contributed by atoms with Crippen LogP contribution in [0.2, 0.25) is 0 Å². The highest BCUT2D eigenvalue weighted by molar-refractivity contribution is 5.05. The Bertz CT molecular complexity index is 222. The predicted octanol–water partition coefficient (Wildman–Crippen LogP) is 1.48. The minimum Gasteiger partial charge on any atom is -0.393 e. The monoisotopic (exact) mass is 182 g/mol. The van der Waals surface area contributed by atoms with Crippen LogP contribution in [-0.2, 0) is 0 Å². The molecule has 0 aliphatic carbocycles. The number of aliphatic hydroxyl groups is 1. The normalized spacial score (nSPS) is 26.9. The van der Waals surface area contributed by atoms with Gasteiger partial charge in [0.1, 0.15) is 0 Å². The molecule has 0 aromatic rings. The highest BCUT2D eigenvalue weighted by atomic mass is 16.3. The zero-order chi connectivity index (χ0) is 10.3. The third-order valence-electron chi connectivity index (χ3n) is 2.78.